The van der Waals surface area contributed by atoms with Crippen molar-refractivity contribution in [2.45, 2.75) is 11.0 Å². The van der Waals surface area contributed by atoms with Gasteiger partial charge in [0.05, 0.1) is 30.8 Å². The molecule has 1 atom stereocenters. The Balaban J connectivity index is 1.90. The first-order chi connectivity index (χ1) is 8.55. The maximum Gasteiger partial charge on any atom is 0.177 e. The Bertz CT molecular complexity index is 480. The van der Waals surface area contributed by atoms with E-state index in [1.54, 1.807) is 6.07 Å². The van der Waals surface area contributed by atoms with Crippen molar-refractivity contribution in [1.82, 2.24) is 4.98 Å². The molecule has 0 bridgehead atoms. The summed E-state index contributed by atoms with van der Waals surface area (Å²) >= 11 is 0. The summed E-state index contributed by atoms with van der Waals surface area (Å²) in [7, 11) is -3.19. The van der Waals surface area contributed by atoms with Gasteiger partial charge in [-0.15, -0.1) is 0 Å². The Morgan fingerprint density at radius 2 is 2.28 bits per heavy atom. The van der Waals surface area contributed by atoms with Crippen molar-refractivity contribution in [1.29, 1.82) is 0 Å². The van der Waals surface area contributed by atoms with Gasteiger partial charge >= 0.3 is 0 Å². The summed E-state index contributed by atoms with van der Waals surface area (Å²) in [4.78, 5) is 4.26. The molecule has 1 aromatic heterocycles. The highest BCUT2D eigenvalue weighted by Gasteiger charge is 2.14. The number of hydrogen-bond acceptors (Lipinski definition) is 6. The van der Waals surface area contributed by atoms with Gasteiger partial charge in [-0.3, -0.25) is 0 Å². The summed E-state index contributed by atoms with van der Waals surface area (Å²) in [6.45, 7) is 2.39. The van der Waals surface area contributed by atoms with Crippen LogP contribution in [0.5, 0.6) is 0 Å². The van der Waals surface area contributed by atoms with E-state index in [1.807, 2.05) is 0 Å². The van der Waals surface area contributed by atoms with Crippen molar-refractivity contribution < 1.29 is 17.9 Å². The molecular formula is C11H16N2O4S. The van der Waals surface area contributed by atoms with Crippen LogP contribution in [0.4, 0.5) is 5.82 Å². The summed E-state index contributed by atoms with van der Waals surface area (Å²) in [6.07, 6.45) is 2.51. The third-order valence-corrected chi connectivity index (χ3v) is 3.66. The minimum atomic E-state index is -3.19. The van der Waals surface area contributed by atoms with Gasteiger partial charge in [-0.2, -0.15) is 0 Å². The Kier molecular flexibility index (Phi) is 4.15. The normalized spacial score (nSPS) is 20.6. The molecule has 0 radical (unpaired) electrons. The van der Waals surface area contributed by atoms with Gasteiger partial charge in [0, 0.05) is 19.0 Å². The number of nitrogens with one attached hydrogen (secondary N) is 1. The number of hydrogen-bond donors (Lipinski definition) is 1. The van der Waals surface area contributed by atoms with Gasteiger partial charge in [-0.25, -0.2) is 13.4 Å². The summed E-state index contributed by atoms with van der Waals surface area (Å²) in [5, 5.41) is 3.08. The predicted octanol–water partition coefficient (Wildman–Crippen LogP) is 0.312. The summed E-state index contributed by atoms with van der Waals surface area (Å²) in [6, 6.07) is 3.17. The highest BCUT2D eigenvalue weighted by Crippen LogP contribution is 2.11. The van der Waals surface area contributed by atoms with Crippen LogP contribution in [0, 0.1) is 0 Å². The SMILES string of the molecule is CS(=O)(=O)c1ccc(NCC2COCCO2)nc1. The summed E-state index contributed by atoms with van der Waals surface area (Å²) < 4.78 is 33.2. The number of pyridine rings is 1. The molecule has 1 unspecified atom stereocenters. The van der Waals surface area contributed by atoms with E-state index in [1.165, 1.54) is 12.3 Å². The lowest BCUT2D eigenvalue weighted by atomic mass is 10.3. The third kappa shape index (κ3) is 3.66. The average Bonchev–Trinajstić information content (AvgIpc) is 2.37. The largest absolute Gasteiger partial charge is 0.376 e. The molecule has 1 aliphatic heterocycles. The number of ether oxygens (including phenoxy) is 2. The molecule has 100 valence electrons. The molecule has 1 N–H and O–H groups in total. The van der Waals surface area contributed by atoms with Crippen LogP contribution >= 0.6 is 0 Å². The van der Waals surface area contributed by atoms with Crippen LogP contribution in [-0.2, 0) is 19.3 Å². The smallest absolute Gasteiger partial charge is 0.177 e. The number of nitrogens with zero attached hydrogens (tertiary/aromatic N) is 1. The van der Waals surface area contributed by atoms with Crippen LogP contribution in [-0.4, -0.2) is 52.1 Å². The molecule has 1 aromatic rings. The minimum Gasteiger partial charge on any atom is -0.376 e. The van der Waals surface area contributed by atoms with Gasteiger partial charge in [-0.1, -0.05) is 0 Å². The number of aromatic nitrogens is 1. The van der Waals surface area contributed by atoms with E-state index < -0.39 is 9.84 Å². The first-order valence-electron chi connectivity index (χ1n) is 5.65. The zero-order chi connectivity index (χ0) is 13.0. The van der Waals surface area contributed by atoms with E-state index in [2.05, 4.69) is 10.3 Å². The molecule has 0 aromatic carbocycles. The molecule has 0 amide bonds. The average molecular weight is 272 g/mol. The second kappa shape index (κ2) is 5.64. The zero-order valence-corrected chi connectivity index (χ0v) is 10.9. The van der Waals surface area contributed by atoms with Crippen LogP contribution < -0.4 is 5.32 Å². The lowest BCUT2D eigenvalue weighted by Gasteiger charge is -2.23. The van der Waals surface area contributed by atoms with Crippen LogP contribution in [0.2, 0.25) is 0 Å². The lowest BCUT2D eigenvalue weighted by Crippen LogP contribution is -2.34. The van der Waals surface area contributed by atoms with E-state index >= 15 is 0 Å². The fraction of sp³-hybridized carbons (Fsp3) is 0.545. The molecule has 1 fully saturated rings. The molecule has 0 spiro atoms. The van der Waals surface area contributed by atoms with Crippen molar-refractivity contribution in [3.8, 4) is 0 Å². The second-order valence-corrected chi connectivity index (χ2v) is 6.12. The maximum atomic E-state index is 11.3. The van der Waals surface area contributed by atoms with Crippen LogP contribution in [0.3, 0.4) is 0 Å². The second-order valence-electron chi connectivity index (χ2n) is 4.10. The number of rotatable bonds is 4. The number of anilines is 1. The molecule has 1 aliphatic rings. The van der Waals surface area contributed by atoms with Crippen LogP contribution in [0.15, 0.2) is 23.2 Å². The van der Waals surface area contributed by atoms with E-state index in [0.717, 1.165) is 6.26 Å². The summed E-state index contributed by atoms with van der Waals surface area (Å²) in [5.41, 5.74) is 0. The molecule has 0 aliphatic carbocycles. The van der Waals surface area contributed by atoms with Crippen molar-refractivity contribution in [3.05, 3.63) is 18.3 Å². The van der Waals surface area contributed by atoms with Crippen molar-refractivity contribution >= 4 is 15.7 Å². The molecule has 7 heteroatoms. The Morgan fingerprint density at radius 1 is 1.44 bits per heavy atom. The van der Waals surface area contributed by atoms with E-state index in [0.29, 0.717) is 32.2 Å². The molecule has 18 heavy (non-hydrogen) atoms. The van der Waals surface area contributed by atoms with Crippen molar-refractivity contribution in [2.75, 3.05) is 37.9 Å². The molecule has 0 saturated carbocycles. The van der Waals surface area contributed by atoms with Gasteiger partial charge in [0.15, 0.2) is 9.84 Å². The first-order valence-corrected chi connectivity index (χ1v) is 7.54. The van der Waals surface area contributed by atoms with Crippen molar-refractivity contribution in [3.63, 3.8) is 0 Å². The van der Waals surface area contributed by atoms with Gasteiger partial charge in [-0.05, 0) is 12.1 Å². The van der Waals surface area contributed by atoms with E-state index in [-0.39, 0.29) is 11.0 Å². The van der Waals surface area contributed by atoms with Gasteiger partial charge in [0.25, 0.3) is 0 Å². The predicted molar refractivity (Wildman–Crippen MR) is 66.4 cm³/mol. The first kappa shape index (κ1) is 13.3. The van der Waals surface area contributed by atoms with Crippen LogP contribution in [0.1, 0.15) is 0 Å². The molecule has 2 heterocycles. The van der Waals surface area contributed by atoms with Gasteiger partial charge < -0.3 is 14.8 Å². The highest BCUT2D eigenvalue weighted by molar-refractivity contribution is 7.90. The van der Waals surface area contributed by atoms with Crippen molar-refractivity contribution in [2.24, 2.45) is 0 Å². The Morgan fingerprint density at radius 3 is 2.83 bits per heavy atom. The Hall–Kier alpha value is -1.18. The monoisotopic (exact) mass is 272 g/mol. The highest BCUT2D eigenvalue weighted by atomic mass is 32.2. The third-order valence-electron chi connectivity index (χ3n) is 2.56. The maximum absolute atomic E-state index is 11.3. The standard InChI is InChI=1S/C11H16N2O4S/c1-18(14,15)10-2-3-11(13-7-10)12-6-9-8-16-4-5-17-9/h2-3,7,9H,4-6,8H2,1H3,(H,12,13). The van der Waals surface area contributed by atoms with E-state index in [4.69, 9.17) is 9.47 Å². The van der Waals surface area contributed by atoms with E-state index in [9.17, 15) is 8.42 Å². The van der Waals surface area contributed by atoms with Gasteiger partial charge in [0.2, 0.25) is 0 Å². The molecule has 1 saturated heterocycles. The lowest BCUT2D eigenvalue weighted by molar-refractivity contribution is -0.0819. The summed E-state index contributed by atoms with van der Waals surface area (Å²) in [5.74, 6) is 0.622. The fourth-order valence-electron chi connectivity index (χ4n) is 1.58. The molecule has 6 nitrogen and oxygen atoms in total. The van der Waals surface area contributed by atoms with Gasteiger partial charge in [0.1, 0.15) is 5.82 Å². The quantitative estimate of drug-likeness (QED) is 0.850. The molecule has 2 rings (SSSR count). The number of sulfone groups is 1. The Labute approximate surface area is 106 Å². The molecular weight excluding hydrogens is 256 g/mol. The topological polar surface area (TPSA) is 77.5 Å². The fourth-order valence-corrected chi connectivity index (χ4v) is 2.14. The minimum absolute atomic E-state index is 0.00938. The van der Waals surface area contributed by atoms with Crippen LogP contribution in [0.25, 0.3) is 0 Å². The zero-order valence-electron chi connectivity index (χ0n) is 10.1.